The third-order valence-electron chi connectivity index (χ3n) is 20.9. The number of aliphatic hydroxyl groups is 11. The van der Waals surface area contributed by atoms with E-state index in [4.69, 9.17) is 28.4 Å². The number of unbranched alkanes of at least 4 members (excludes halogenated alkanes) is 40. The average Bonchev–Trinajstić information content (AvgIpc) is 0.779. The van der Waals surface area contributed by atoms with Crippen molar-refractivity contribution in [2.24, 2.45) is 0 Å². The highest BCUT2D eigenvalue weighted by atomic mass is 16.8. The van der Waals surface area contributed by atoms with Crippen LogP contribution in [-0.4, -0.2) is 193 Å². The molecule has 17 atom stereocenters. The molecule has 0 saturated carbocycles. The monoisotopic (exact) mass is 1500 g/mol. The van der Waals surface area contributed by atoms with E-state index in [-0.39, 0.29) is 18.9 Å². The van der Waals surface area contributed by atoms with Crippen LogP contribution in [0, 0.1) is 0 Å². The van der Waals surface area contributed by atoms with Crippen LogP contribution in [0.1, 0.15) is 328 Å². The lowest BCUT2D eigenvalue weighted by atomic mass is 9.96. The second-order valence-electron chi connectivity index (χ2n) is 30.3. The molecule has 17 unspecified atom stereocenters. The molecule has 3 saturated heterocycles. The maximum atomic E-state index is 13.5. The summed E-state index contributed by atoms with van der Waals surface area (Å²) in [6.45, 7) is 1.66. The van der Waals surface area contributed by atoms with Crippen LogP contribution in [0.4, 0.5) is 0 Å². The number of allylic oxidation sites excluding steroid dienone is 13. The fourth-order valence-corrected chi connectivity index (χ4v) is 14.1. The van der Waals surface area contributed by atoms with Crippen LogP contribution < -0.4 is 5.32 Å². The van der Waals surface area contributed by atoms with Crippen molar-refractivity contribution in [2.45, 2.75) is 433 Å². The zero-order valence-corrected chi connectivity index (χ0v) is 66.2. The van der Waals surface area contributed by atoms with E-state index in [0.29, 0.717) is 6.42 Å². The fourth-order valence-electron chi connectivity index (χ4n) is 14.1. The van der Waals surface area contributed by atoms with Crippen molar-refractivity contribution in [1.29, 1.82) is 0 Å². The molecule has 0 aromatic rings. The predicted octanol–water partition coefficient (Wildman–Crippen LogP) is 15.3. The number of nitrogens with one attached hydrogen (secondary N) is 1. The first-order chi connectivity index (χ1) is 51.8. The van der Waals surface area contributed by atoms with Crippen molar-refractivity contribution in [3.8, 4) is 0 Å². The number of carbonyl (C=O) groups excluding carboxylic acids is 1. The predicted molar refractivity (Wildman–Crippen MR) is 424 cm³/mol. The van der Waals surface area contributed by atoms with Crippen LogP contribution in [0.2, 0.25) is 0 Å². The second kappa shape index (κ2) is 66.6. The molecule has 3 rings (SSSR count). The van der Waals surface area contributed by atoms with Gasteiger partial charge >= 0.3 is 0 Å². The third-order valence-corrected chi connectivity index (χ3v) is 20.9. The molecule has 0 radical (unpaired) electrons. The van der Waals surface area contributed by atoms with Gasteiger partial charge in [-0.1, -0.05) is 336 Å². The van der Waals surface area contributed by atoms with Crippen LogP contribution in [0.3, 0.4) is 0 Å². The van der Waals surface area contributed by atoms with Gasteiger partial charge in [-0.15, -0.1) is 0 Å². The average molecular weight is 1500 g/mol. The quantitative estimate of drug-likeness (QED) is 0.0199. The molecule has 19 heteroatoms. The zero-order chi connectivity index (χ0) is 76.7. The molecular formula is C87H155NO18. The Morgan fingerprint density at radius 2 is 0.651 bits per heavy atom. The molecule has 0 aliphatic carbocycles. The first kappa shape index (κ1) is 97.2. The molecule has 0 aromatic carbocycles. The summed E-state index contributed by atoms with van der Waals surface area (Å²) in [5, 5.41) is 121. The Morgan fingerprint density at radius 1 is 0.349 bits per heavy atom. The Hall–Kier alpha value is -3.03. The van der Waals surface area contributed by atoms with Gasteiger partial charge in [0.2, 0.25) is 5.91 Å². The largest absolute Gasteiger partial charge is 0.394 e. The number of amides is 1. The van der Waals surface area contributed by atoms with E-state index in [1.807, 2.05) is 6.08 Å². The molecule has 12 N–H and O–H groups in total. The smallest absolute Gasteiger partial charge is 0.220 e. The highest BCUT2D eigenvalue weighted by Gasteiger charge is 2.54. The van der Waals surface area contributed by atoms with Crippen molar-refractivity contribution >= 4 is 5.91 Å². The van der Waals surface area contributed by atoms with Gasteiger partial charge in [0.25, 0.3) is 0 Å². The van der Waals surface area contributed by atoms with E-state index < -0.39 is 124 Å². The maximum Gasteiger partial charge on any atom is 0.220 e. The molecule has 0 spiro atoms. The third kappa shape index (κ3) is 45.5. The topological polar surface area (TPSA) is 307 Å². The van der Waals surface area contributed by atoms with Gasteiger partial charge in [-0.2, -0.15) is 0 Å². The van der Waals surface area contributed by atoms with E-state index in [0.717, 1.165) is 83.5 Å². The molecule has 3 aliphatic rings. The first-order valence-corrected chi connectivity index (χ1v) is 42.8. The van der Waals surface area contributed by atoms with E-state index in [2.05, 4.69) is 92.1 Å². The molecule has 3 aliphatic heterocycles. The number of aliphatic hydroxyl groups excluding tert-OH is 11. The minimum atomic E-state index is -1.98. The number of hydrogen-bond acceptors (Lipinski definition) is 18. The van der Waals surface area contributed by atoms with Gasteiger partial charge in [0.1, 0.15) is 73.2 Å². The summed E-state index contributed by atoms with van der Waals surface area (Å²) in [7, 11) is 0. The van der Waals surface area contributed by atoms with Crippen molar-refractivity contribution < 1.29 is 89.4 Å². The lowest BCUT2D eigenvalue weighted by Gasteiger charge is -2.48. The minimum Gasteiger partial charge on any atom is -0.394 e. The Morgan fingerprint density at radius 3 is 1.02 bits per heavy atom. The van der Waals surface area contributed by atoms with Crippen molar-refractivity contribution in [3.05, 3.63) is 85.1 Å². The number of rotatable bonds is 68. The van der Waals surface area contributed by atoms with Crippen molar-refractivity contribution in [2.75, 3.05) is 26.4 Å². The van der Waals surface area contributed by atoms with Gasteiger partial charge in [-0.3, -0.25) is 4.79 Å². The summed E-state index contributed by atoms with van der Waals surface area (Å²) in [6.07, 6.45) is 62.8. The van der Waals surface area contributed by atoms with Crippen LogP contribution in [0.5, 0.6) is 0 Å². The molecule has 106 heavy (non-hydrogen) atoms. The highest BCUT2D eigenvalue weighted by molar-refractivity contribution is 5.76. The molecule has 19 nitrogen and oxygen atoms in total. The standard InChI is InChI=1S/C87H155NO18/c1-3-5-7-9-11-13-15-17-19-21-23-25-27-29-31-32-33-34-35-36-37-38-39-41-43-45-47-49-51-53-55-57-59-61-63-65-75(93)88-70(71(92)64-62-60-58-56-54-52-50-48-46-44-42-40-30-28-26-24-22-20-18-16-14-12-10-8-6-4-2)69-101-85-81(99)78(96)83(73(67-90)103-85)106-87-82(100)79(97)84(74(68-91)104-87)105-86-80(98)77(95)76(94)72(66-89)102-86/h5,7,11,13,17,19,23,25,29,31,33-34,62,64,70-74,76-87,89-92,94-100H,3-4,6,8-10,12,14-16,18,20-22,24,26-28,30,32,35-61,63,65-69H2,1-2H3,(H,88,93)/b7-5-,13-11-,19-17-,25-23-,31-29-,34-33-,64-62+. The summed E-state index contributed by atoms with van der Waals surface area (Å²) in [4.78, 5) is 13.5. The zero-order valence-electron chi connectivity index (χ0n) is 66.2. The van der Waals surface area contributed by atoms with Crippen LogP contribution in [0.25, 0.3) is 0 Å². The van der Waals surface area contributed by atoms with Crippen LogP contribution >= 0.6 is 0 Å². The van der Waals surface area contributed by atoms with Crippen molar-refractivity contribution in [3.63, 3.8) is 0 Å². The molecular weight excluding hydrogens is 1350 g/mol. The fraction of sp³-hybridized carbons (Fsp3) is 0.828. The van der Waals surface area contributed by atoms with E-state index in [1.54, 1.807) is 6.08 Å². The van der Waals surface area contributed by atoms with Gasteiger partial charge in [0.15, 0.2) is 18.9 Å². The second-order valence-corrected chi connectivity index (χ2v) is 30.3. The summed E-state index contributed by atoms with van der Waals surface area (Å²) in [5.74, 6) is -0.273. The van der Waals surface area contributed by atoms with Gasteiger partial charge in [-0.05, 0) is 70.6 Å². The molecule has 3 fully saturated rings. The number of ether oxygens (including phenoxy) is 6. The molecule has 0 bridgehead atoms. The lowest BCUT2D eigenvalue weighted by molar-refractivity contribution is -0.379. The first-order valence-electron chi connectivity index (χ1n) is 42.8. The molecule has 0 aromatic heterocycles. The van der Waals surface area contributed by atoms with Crippen molar-refractivity contribution in [1.82, 2.24) is 5.32 Å². The normalized spacial score (nSPS) is 26.1. The minimum absolute atomic E-state index is 0.241. The van der Waals surface area contributed by atoms with E-state index in [1.165, 1.54) is 218 Å². The summed E-state index contributed by atoms with van der Waals surface area (Å²) < 4.78 is 34.5. The van der Waals surface area contributed by atoms with Gasteiger partial charge in [-0.25, -0.2) is 0 Å². The van der Waals surface area contributed by atoms with Crippen LogP contribution in [-0.2, 0) is 33.2 Å². The summed E-state index contributed by atoms with van der Waals surface area (Å²) in [5.41, 5.74) is 0. The lowest BCUT2D eigenvalue weighted by Crippen LogP contribution is -2.66. The maximum absolute atomic E-state index is 13.5. The summed E-state index contributed by atoms with van der Waals surface area (Å²) >= 11 is 0. The van der Waals surface area contributed by atoms with Gasteiger partial charge in [0.05, 0.1) is 38.6 Å². The van der Waals surface area contributed by atoms with Gasteiger partial charge in [0, 0.05) is 6.42 Å². The van der Waals surface area contributed by atoms with E-state index in [9.17, 15) is 61.0 Å². The Bertz CT molecular complexity index is 2240. The Balaban J connectivity index is 1.35. The summed E-state index contributed by atoms with van der Waals surface area (Å²) in [6, 6.07) is -0.978. The highest BCUT2D eigenvalue weighted by Crippen LogP contribution is 2.33. The molecule has 3 heterocycles. The van der Waals surface area contributed by atoms with E-state index >= 15 is 0 Å². The Kier molecular flexibility index (Phi) is 61.0. The molecule has 1 amide bonds. The number of hydrogen-bond donors (Lipinski definition) is 12. The Labute approximate surface area is 641 Å². The van der Waals surface area contributed by atoms with Crippen LogP contribution in [0.15, 0.2) is 85.1 Å². The SMILES string of the molecule is CC/C=C\C/C=C\C/C=C\C/C=C\C/C=C\C/C=C\CCCCCCCCCCCCCCCCCCC(=O)NC(COC1OC(CO)C(OC2OC(CO)C(OC3OC(CO)C(O)C(O)C3O)C(O)C2O)C(O)C1O)C(O)/C=C/CCCCCCCCCCCCCCCCCCCCCCCCCC. The number of carbonyl (C=O) groups is 1. The van der Waals surface area contributed by atoms with Gasteiger partial charge < -0.3 is 89.9 Å². The molecule has 616 valence electrons.